The van der Waals surface area contributed by atoms with Crippen LogP contribution in [0.4, 0.5) is 4.39 Å². The summed E-state index contributed by atoms with van der Waals surface area (Å²) in [6.07, 6.45) is 2.69. The Morgan fingerprint density at radius 1 is 1.19 bits per heavy atom. The Morgan fingerprint density at radius 2 is 1.86 bits per heavy atom. The van der Waals surface area contributed by atoms with Crippen LogP contribution in [0.1, 0.15) is 24.8 Å². The molecule has 1 aromatic rings. The summed E-state index contributed by atoms with van der Waals surface area (Å²) >= 11 is 0. The zero-order chi connectivity index (χ0) is 15.0. The van der Waals surface area contributed by atoms with E-state index >= 15 is 0 Å². The van der Waals surface area contributed by atoms with E-state index in [9.17, 15) is 14.0 Å². The molecule has 2 aliphatic carbocycles. The minimum absolute atomic E-state index is 0.0707. The van der Waals surface area contributed by atoms with Crippen molar-refractivity contribution in [1.29, 1.82) is 0 Å². The second-order valence-corrected chi connectivity index (χ2v) is 6.08. The number of carbonyl (C=O) groups excluding carboxylic acids is 1. The maximum absolute atomic E-state index is 12.9. The maximum Gasteiger partial charge on any atom is 0.307 e. The van der Waals surface area contributed by atoms with Crippen molar-refractivity contribution in [2.45, 2.75) is 25.8 Å². The molecule has 0 aliphatic heterocycles. The van der Waals surface area contributed by atoms with Gasteiger partial charge in [-0.25, -0.2) is 4.39 Å². The summed E-state index contributed by atoms with van der Waals surface area (Å²) in [5.41, 5.74) is 0.873. The molecule has 3 rings (SSSR count). The average Bonchev–Trinajstić information content (AvgIpc) is 3.33. The van der Waals surface area contributed by atoms with Gasteiger partial charge in [0.1, 0.15) is 5.82 Å². The normalized spacial score (nSPS) is 23.7. The van der Waals surface area contributed by atoms with Crippen LogP contribution in [0.25, 0.3) is 0 Å². The first kappa shape index (κ1) is 14.0. The Morgan fingerprint density at radius 3 is 2.38 bits per heavy atom. The number of carboxylic acids is 1. The number of carbonyl (C=O) groups is 2. The van der Waals surface area contributed by atoms with Gasteiger partial charge in [-0.05, 0) is 42.9 Å². The molecular formula is C16H18FNO3. The highest BCUT2D eigenvalue weighted by Gasteiger charge is 2.50. The lowest BCUT2D eigenvalue weighted by atomic mass is 10.1. The molecule has 2 unspecified atom stereocenters. The Labute approximate surface area is 122 Å². The summed E-state index contributed by atoms with van der Waals surface area (Å²) in [6, 6.07) is 6.10. The van der Waals surface area contributed by atoms with E-state index in [0.717, 1.165) is 18.4 Å². The molecule has 1 amide bonds. The Balaban J connectivity index is 1.67. The molecule has 0 heterocycles. The Kier molecular flexibility index (Phi) is 3.66. The van der Waals surface area contributed by atoms with Gasteiger partial charge < -0.3 is 10.0 Å². The van der Waals surface area contributed by atoms with E-state index in [1.807, 2.05) is 0 Å². The first-order chi connectivity index (χ1) is 10.0. The lowest BCUT2D eigenvalue weighted by Crippen LogP contribution is -2.34. The Bertz CT molecular complexity index is 553. The molecule has 21 heavy (non-hydrogen) atoms. The summed E-state index contributed by atoms with van der Waals surface area (Å²) in [5, 5.41) is 8.96. The fraction of sp³-hybridized carbons (Fsp3) is 0.500. The van der Waals surface area contributed by atoms with E-state index in [1.54, 1.807) is 17.0 Å². The zero-order valence-electron chi connectivity index (χ0n) is 11.7. The second-order valence-electron chi connectivity index (χ2n) is 6.08. The monoisotopic (exact) mass is 291 g/mol. The van der Waals surface area contributed by atoms with Crippen LogP contribution in [0.15, 0.2) is 24.3 Å². The van der Waals surface area contributed by atoms with Gasteiger partial charge in [-0.2, -0.15) is 0 Å². The van der Waals surface area contributed by atoms with E-state index < -0.39 is 11.9 Å². The van der Waals surface area contributed by atoms with E-state index in [2.05, 4.69) is 0 Å². The molecule has 2 fully saturated rings. The van der Waals surface area contributed by atoms with Gasteiger partial charge in [0, 0.05) is 13.1 Å². The van der Waals surface area contributed by atoms with Gasteiger partial charge in [0.2, 0.25) is 5.91 Å². The van der Waals surface area contributed by atoms with Gasteiger partial charge in [0.05, 0.1) is 11.8 Å². The highest BCUT2D eigenvalue weighted by molar-refractivity contribution is 5.89. The number of hydrogen-bond donors (Lipinski definition) is 1. The molecule has 2 saturated carbocycles. The third kappa shape index (κ3) is 3.40. The molecule has 2 aliphatic rings. The molecule has 0 bridgehead atoms. The van der Waals surface area contributed by atoms with Crippen LogP contribution in [-0.2, 0) is 16.1 Å². The summed E-state index contributed by atoms with van der Waals surface area (Å²) in [4.78, 5) is 25.1. The Hall–Kier alpha value is -1.91. The van der Waals surface area contributed by atoms with Gasteiger partial charge in [-0.15, -0.1) is 0 Å². The largest absolute Gasteiger partial charge is 0.481 e. The minimum atomic E-state index is -0.887. The van der Waals surface area contributed by atoms with E-state index in [-0.39, 0.29) is 17.6 Å². The van der Waals surface area contributed by atoms with E-state index in [1.165, 1.54) is 12.1 Å². The third-order valence-electron chi connectivity index (χ3n) is 4.20. The molecule has 112 valence electrons. The topological polar surface area (TPSA) is 57.6 Å². The molecule has 4 nitrogen and oxygen atoms in total. The number of hydrogen-bond acceptors (Lipinski definition) is 2. The highest BCUT2D eigenvalue weighted by atomic mass is 19.1. The number of amides is 1. The van der Waals surface area contributed by atoms with Crippen LogP contribution in [0.3, 0.4) is 0 Å². The predicted octanol–water partition coefficient (Wildman–Crippen LogP) is 2.29. The van der Waals surface area contributed by atoms with E-state index in [0.29, 0.717) is 25.4 Å². The third-order valence-corrected chi connectivity index (χ3v) is 4.20. The average molecular weight is 291 g/mol. The molecule has 0 radical (unpaired) electrons. The fourth-order valence-corrected chi connectivity index (χ4v) is 2.63. The van der Waals surface area contributed by atoms with Crippen LogP contribution in [0.5, 0.6) is 0 Å². The van der Waals surface area contributed by atoms with Gasteiger partial charge in [-0.1, -0.05) is 12.1 Å². The van der Waals surface area contributed by atoms with Crippen molar-refractivity contribution in [2.75, 3.05) is 6.54 Å². The smallest absolute Gasteiger partial charge is 0.307 e. The van der Waals surface area contributed by atoms with Gasteiger partial charge in [0.25, 0.3) is 0 Å². The number of nitrogens with zero attached hydrogens (tertiary/aromatic N) is 1. The molecule has 0 saturated heterocycles. The summed E-state index contributed by atoms with van der Waals surface area (Å²) in [5.74, 6) is -1.61. The van der Waals surface area contributed by atoms with Crippen LogP contribution in [0, 0.1) is 23.6 Å². The second kappa shape index (κ2) is 5.47. The van der Waals surface area contributed by atoms with Crippen LogP contribution in [0.2, 0.25) is 0 Å². The molecule has 0 spiro atoms. The van der Waals surface area contributed by atoms with Crippen LogP contribution in [-0.4, -0.2) is 28.4 Å². The summed E-state index contributed by atoms with van der Waals surface area (Å²) in [6.45, 7) is 1.11. The minimum Gasteiger partial charge on any atom is -0.481 e. The molecule has 1 N–H and O–H groups in total. The fourth-order valence-electron chi connectivity index (χ4n) is 2.63. The number of halogens is 1. The molecule has 2 atom stereocenters. The predicted molar refractivity (Wildman–Crippen MR) is 73.8 cm³/mol. The number of benzene rings is 1. The first-order valence-corrected chi connectivity index (χ1v) is 7.30. The lowest BCUT2D eigenvalue weighted by molar-refractivity contribution is -0.142. The number of carboxylic acid groups (broad SMARTS) is 1. The SMILES string of the molecule is O=C(O)C1CC1C(=O)N(Cc1ccc(F)cc1)CC1CC1. The van der Waals surface area contributed by atoms with Crippen molar-refractivity contribution in [3.63, 3.8) is 0 Å². The number of rotatable bonds is 6. The van der Waals surface area contributed by atoms with Crippen molar-refractivity contribution < 1.29 is 19.1 Å². The highest BCUT2D eigenvalue weighted by Crippen LogP contribution is 2.41. The quantitative estimate of drug-likeness (QED) is 0.875. The zero-order valence-corrected chi connectivity index (χ0v) is 11.7. The van der Waals surface area contributed by atoms with Crippen molar-refractivity contribution in [3.05, 3.63) is 35.6 Å². The van der Waals surface area contributed by atoms with Crippen molar-refractivity contribution >= 4 is 11.9 Å². The van der Waals surface area contributed by atoms with Crippen LogP contribution < -0.4 is 0 Å². The van der Waals surface area contributed by atoms with Crippen molar-refractivity contribution in [3.8, 4) is 0 Å². The van der Waals surface area contributed by atoms with Gasteiger partial charge in [-0.3, -0.25) is 9.59 Å². The molecular weight excluding hydrogens is 273 g/mol. The molecule has 5 heteroatoms. The summed E-state index contributed by atoms with van der Waals surface area (Å²) < 4.78 is 12.9. The van der Waals surface area contributed by atoms with Gasteiger partial charge in [0.15, 0.2) is 0 Å². The number of aliphatic carboxylic acids is 1. The summed E-state index contributed by atoms with van der Waals surface area (Å²) in [7, 11) is 0. The first-order valence-electron chi connectivity index (χ1n) is 7.30. The lowest BCUT2D eigenvalue weighted by Gasteiger charge is -2.23. The van der Waals surface area contributed by atoms with Crippen molar-refractivity contribution in [1.82, 2.24) is 4.90 Å². The molecule has 0 aromatic heterocycles. The van der Waals surface area contributed by atoms with Crippen molar-refractivity contribution in [2.24, 2.45) is 17.8 Å². The van der Waals surface area contributed by atoms with Crippen LogP contribution >= 0.6 is 0 Å². The standard InChI is InChI=1S/C16H18FNO3/c17-12-5-3-11(4-6-12)9-18(8-10-1-2-10)15(19)13-7-14(13)16(20)21/h3-6,10,13-14H,1-2,7-9H2,(H,20,21). The van der Waals surface area contributed by atoms with E-state index in [4.69, 9.17) is 5.11 Å². The molecule has 1 aromatic carbocycles. The maximum atomic E-state index is 12.9. The van der Waals surface area contributed by atoms with Gasteiger partial charge >= 0.3 is 5.97 Å².